The van der Waals surface area contributed by atoms with Gasteiger partial charge in [0.15, 0.2) is 0 Å². The van der Waals surface area contributed by atoms with Crippen molar-refractivity contribution in [2.75, 3.05) is 19.8 Å². The van der Waals surface area contributed by atoms with Gasteiger partial charge in [0.05, 0.1) is 13.2 Å². The number of aromatic amines is 1. The standard InChI is InChI=1S/C17H19N5O2/c1-11-8-18-16(19-11)14-10-24-7-6-21(14)17(23)13-9-22-12(2)4-3-5-15(22)20-13/h3-5,8-9,14H,6-7,10H2,1-2H3,(H,18,19)/t14-/m0/s1. The summed E-state index contributed by atoms with van der Waals surface area (Å²) in [6.07, 6.45) is 3.56. The fourth-order valence-electron chi connectivity index (χ4n) is 3.07. The number of amides is 1. The third-order valence-corrected chi connectivity index (χ3v) is 4.34. The van der Waals surface area contributed by atoms with Crippen molar-refractivity contribution in [1.29, 1.82) is 0 Å². The van der Waals surface area contributed by atoms with Crippen LogP contribution in [-0.2, 0) is 4.74 Å². The topological polar surface area (TPSA) is 75.5 Å². The number of aromatic nitrogens is 4. The van der Waals surface area contributed by atoms with Gasteiger partial charge >= 0.3 is 0 Å². The molecular weight excluding hydrogens is 306 g/mol. The molecule has 4 heterocycles. The van der Waals surface area contributed by atoms with Gasteiger partial charge in [0.1, 0.15) is 23.2 Å². The maximum atomic E-state index is 13.0. The molecular formula is C17H19N5O2. The summed E-state index contributed by atoms with van der Waals surface area (Å²) in [5.41, 5.74) is 3.22. The minimum absolute atomic E-state index is 0.0968. The summed E-state index contributed by atoms with van der Waals surface area (Å²) in [4.78, 5) is 26.9. The Labute approximate surface area is 139 Å². The maximum absolute atomic E-state index is 13.0. The first-order valence-corrected chi connectivity index (χ1v) is 7.98. The smallest absolute Gasteiger partial charge is 0.274 e. The number of hydrogen-bond acceptors (Lipinski definition) is 4. The first-order valence-electron chi connectivity index (χ1n) is 7.98. The number of hydrogen-bond donors (Lipinski definition) is 1. The van der Waals surface area contributed by atoms with Crippen LogP contribution in [0.25, 0.3) is 5.65 Å². The largest absolute Gasteiger partial charge is 0.377 e. The van der Waals surface area contributed by atoms with Crippen LogP contribution in [-0.4, -0.2) is 49.9 Å². The van der Waals surface area contributed by atoms with Crippen LogP contribution in [0.15, 0.2) is 30.6 Å². The Kier molecular flexibility index (Phi) is 3.57. The number of carbonyl (C=O) groups is 1. The molecule has 0 bridgehead atoms. The third kappa shape index (κ3) is 2.46. The van der Waals surface area contributed by atoms with E-state index < -0.39 is 0 Å². The lowest BCUT2D eigenvalue weighted by Gasteiger charge is -2.33. The highest BCUT2D eigenvalue weighted by Crippen LogP contribution is 2.24. The zero-order chi connectivity index (χ0) is 16.7. The second-order valence-corrected chi connectivity index (χ2v) is 6.06. The van der Waals surface area contributed by atoms with Crippen molar-refractivity contribution in [3.8, 4) is 0 Å². The van der Waals surface area contributed by atoms with Crippen molar-refractivity contribution in [1.82, 2.24) is 24.3 Å². The fourth-order valence-corrected chi connectivity index (χ4v) is 3.07. The molecule has 1 atom stereocenters. The average molecular weight is 325 g/mol. The number of morpholine rings is 1. The predicted octanol–water partition coefficient (Wildman–Crippen LogP) is 1.89. The van der Waals surface area contributed by atoms with Crippen molar-refractivity contribution in [2.45, 2.75) is 19.9 Å². The van der Waals surface area contributed by atoms with Gasteiger partial charge in [0, 0.05) is 30.3 Å². The Morgan fingerprint density at radius 3 is 3.00 bits per heavy atom. The van der Waals surface area contributed by atoms with E-state index in [2.05, 4.69) is 15.0 Å². The molecule has 7 heteroatoms. The second-order valence-electron chi connectivity index (χ2n) is 6.06. The van der Waals surface area contributed by atoms with Crippen molar-refractivity contribution in [2.24, 2.45) is 0 Å². The van der Waals surface area contributed by atoms with E-state index in [0.717, 1.165) is 22.9 Å². The quantitative estimate of drug-likeness (QED) is 0.781. The maximum Gasteiger partial charge on any atom is 0.274 e. The molecule has 124 valence electrons. The molecule has 0 aliphatic carbocycles. The monoisotopic (exact) mass is 325 g/mol. The Morgan fingerprint density at radius 2 is 2.25 bits per heavy atom. The van der Waals surface area contributed by atoms with Gasteiger partial charge in [-0.25, -0.2) is 9.97 Å². The summed E-state index contributed by atoms with van der Waals surface area (Å²) in [6, 6.07) is 5.61. The Hall–Kier alpha value is -2.67. The summed E-state index contributed by atoms with van der Waals surface area (Å²) in [5, 5.41) is 0. The number of ether oxygens (including phenoxy) is 1. The van der Waals surface area contributed by atoms with Gasteiger partial charge in [0.25, 0.3) is 5.91 Å². The highest BCUT2D eigenvalue weighted by Gasteiger charge is 2.32. The van der Waals surface area contributed by atoms with Crippen LogP contribution < -0.4 is 0 Å². The first kappa shape index (κ1) is 14.9. The van der Waals surface area contributed by atoms with Crippen LogP contribution >= 0.6 is 0 Å². The molecule has 1 N–H and O–H groups in total. The average Bonchev–Trinajstić information content (AvgIpc) is 3.21. The highest BCUT2D eigenvalue weighted by atomic mass is 16.5. The van der Waals surface area contributed by atoms with Crippen LogP contribution in [0.1, 0.15) is 33.7 Å². The minimum Gasteiger partial charge on any atom is -0.377 e. The van der Waals surface area contributed by atoms with Crippen LogP contribution in [0.2, 0.25) is 0 Å². The summed E-state index contributed by atoms with van der Waals surface area (Å²) in [7, 11) is 0. The van der Waals surface area contributed by atoms with Gasteiger partial charge in [-0.2, -0.15) is 0 Å². The van der Waals surface area contributed by atoms with E-state index >= 15 is 0 Å². The van der Waals surface area contributed by atoms with Crippen LogP contribution in [0, 0.1) is 13.8 Å². The van der Waals surface area contributed by atoms with Crippen molar-refractivity contribution in [3.05, 3.63) is 53.5 Å². The summed E-state index contributed by atoms with van der Waals surface area (Å²) >= 11 is 0. The van der Waals surface area contributed by atoms with Gasteiger partial charge < -0.3 is 19.0 Å². The molecule has 0 radical (unpaired) electrons. The molecule has 0 spiro atoms. The van der Waals surface area contributed by atoms with E-state index in [1.165, 1.54) is 0 Å². The van der Waals surface area contributed by atoms with E-state index in [1.807, 2.05) is 36.4 Å². The van der Waals surface area contributed by atoms with Crippen molar-refractivity contribution >= 4 is 11.6 Å². The minimum atomic E-state index is -0.217. The Balaban J connectivity index is 1.69. The van der Waals surface area contributed by atoms with E-state index in [-0.39, 0.29) is 11.9 Å². The zero-order valence-electron chi connectivity index (χ0n) is 13.7. The predicted molar refractivity (Wildman–Crippen MR) is 87.9 cm³/mol. The van der Waals surface area contributed by atoms with Gasteiger partial charge in [-0.3, -0.25) is 4.79 Å². The van der Waals surface area contributed by atoms with Crippen molar-refractivity contribution < 1.29 is 9.53 Å². The lowest BCUT2D eigenvalue weighted by Crippen LogP contribution is -2.44. The van der Waals surface area contributed by atoms with Crippen molar-refractivity contribution in [3.63, 3.8) is 0 Å². The van der Waals surface area contributed by atoms with Gasteiger partial charge in [0.2, 0.25) is 0 Å². The normalized spacial score (nSPS) is 18.2. The van der Waals surface area contributed by atoms with Crippen LogP contribution in [0.3, 0.4) is 0 Å². The lowest BCUT2D eigenvalue weighted by atomic mass is 10.2. The Bertz CT molecular complexity index is 897. The molecule has 0 unspecified atom stereocenters. The molecule has 1 amide bonds. The van der Waals surface area contributed by atoms with Crippen LogP contribution in [0.5, 0.6) is 0 Å². The molecule has 1 fully saturated rings. The van der Waals surface area contributed by atoms with E-state index in [1.54, 1.807) is 17.3 Å². The highest BCUT2D eigenvalue weighted by molar-refractivity contribution is 5.93. The van der Waals surface area contributed by atoms with Gasteiger partial charge in [-0.05, 0) is 26.0 Å². The third-order valence-electron chi connectivity index (χ3n) is 4.34. The van der Waals surface area contributed by atoms with E-state index in [0.29, 0.717) is 25.5 Å². The number of rotatable bonds is 2. The first-order chi connectivity index (χ1) is 11.6. The zero-order valence-corrected chi connectivity index (χ0v) is 13.7. The number of aryl methyl sites for hydroxylation is 2. The molecule has 1 aliphatic rings. The summed E-state index contributed by atoms with van der Waals surface area (Å²) in [5.74, 6) is 0.654. The molecule has 0 aromatic carbocycles. The number of nitrogens with zero attached hydrogens (tertiary/aromatic N) is 4. The number of H-pyrrole nitrogens is 1. The number of nitrogens with one attached hydrogen (secondary N) is 1. The number of carbonyl (C=O) groups excluding carboxylic acids is 1. The second kappa shape index (κ2) is 5.76. The molecule has 3 aromatic heterocycles. The van der Waals surface area contributed by atoms with Gasteiger partial charge in [-0.1, -0.05) is 6.07 Å². The van der Waals surface area contributed by atoms with Gasteiger partial charge in [-0.15, -0.1) is 0 Å². The number of pyridine rings is 1. The molecule has 24 heavy (non-hydrogen) atoms. The molecule has 0 saturated carbocycles. The SMILES string of the molecule is Cc1cnc([C@@H]2COCCN2C(=O)c2cn3c(C)cccc3n2)[nH]1. The lowest BCUT2D eigenvalue weighted by molar-refractivity contribution is -0.00528. The summed E-state index contributed by atoms with van der Waals surface area (Å²) in [6.45, 7) is 5.42. The summed E-state index contributed by atoms with van der Waals surface area (Å²) < 4.78 is 7.49. The molecule has 7 nitrogen and oxygen atoms in total. The molecule has 3 aromatic rings. The molecule has 4 rings (SSSR count). The fraction of sp³-hybridized carbons (Fsp3) is 0.353. The molecule has 1 aliphatic heterocycles. The number of imidazole rings is 2. The Morgan fingerprint density at radius 1 is 1.38 bits per heavy atom. The number of fused-ring (bicyclic) bond motifs is 1. The van der Waals surface area contributed by atoms with E-state index in [9.17, 15) is 4.79 Å². The van der Waals surface area contributed by atoms with Crippen LogP contribution in [0.4, 0.5) is 0 Å². The molecule has 1 saturated heterocycles. The van der Waals surface area contributed by atoms with E-state index in [4.69, 9.17) is 4.74 Å².